The van der Waals surface area contributed by atoms with Crippen LogP contribution in [0.25, 0.3) is 0 Å². The quantitative estimate of drug-likeness (QED) is 0.579. The number of nitrogens with zero attached hydrogens (tertiary/aromatic N) is 3. The van der Waals surface area contributed by atoms with Gasteiger partial charge in [-0.25, -0.2) is 4.39 Å². The summed E-state index contributed by atoms with van der Waals surface area (Å²) in [4.78, 5) is 12.3. The van der Waals surface area contributed by atoms with Gasteiger partial charge in [-0.3, -0.25) is 4.79 Å². The maximum absolute atomic E-state index is 13.0. The lowest BCUT2D eigenvalue weighted by molar-refractivity contribution is -0.113. The van der Waals surface area contributed by atoms with Crippen LogP contribution in [0.4, 0.5) is 10.1 Å². The molecule has 1 atom stereocenters. The molecule has 0 aliphatic rings. The molecule has 2 aromatic carbocycles. The van der Waals surface area contributed by atoms with Crippen molar-refractivity contribution >= 4 is 23.4 Å². The molecular formula is C21H23FN4O2S. The first-order valence-electron chi connectivity index (χ1n) is 9.15. The molecule has 3 rings (SSSR count). The van der Waals surface area contributed by atoms with Crippen LogP contribution in [-0.4, -0.2) is 26.4 Å². The molecule has 29 heavy (non-hydrogen) atoms. The average molecular weight is 415 g/mol. The summed E-state index contributed by atoms with van der Waals surface area (Å²) in [7, 11) is 1.82. The molecule has 1 heterocycles. The molecule has 0 saturated heterocycles. The number of aromatic nitrogens is 3. The second-order valence-electron chi connectivity index (χ2n) is 6.77. The Bertz CT molecular complexity index is 1000. The lowest BCUT2D eigenvalue weighted by atomic mass is 10.1. The average Bonchev–Trinajstić information content (AvgIpc) is 3.05. The van der Waals surface area contributed by atoms with E-state index in [1.54, 1.807) is 16.7 Å². The van der Waals surface area contributed by atoms with Crippen LogP contribution in [0.2, 0.25) is 0 Å². The highest BCUT2D eigenvalue weighted by Gasteiger charge is 2.18. The summed E-state index contributed by atoms with van der Waals surface area (Å²) in [6.45, 7) is 5.82. The Balaban J connectivity index is 1.58. The fourth-order valence-corrected chi connectivity index (χ4v) is 3.56. The third kappa shape index (κ3) is 5.35. The first-order chi connectivity index (χ1) is 13.8. The predicted molar refractivity (Wildman–Crippen MR) is 112 cm³/mol. The van der Waals surface area contributed by atoms with Gasteiger partial charge in [0, 0.05) is 12.7 Å². The highest BCUT2D eigenvalue weighted by atomic mass is 32.2. The van der Waals surface area contributed by atoms with Crippen LogP contribution in [0.1, 0.15) is 30.0 Å². The SMILES string of the molecule is Cc1ccc(NC(=O)CSc2nnc(C(C)Oc3ccc(F)cc3)n2C)c(C)c1. The number of thioether (sulfide) groups is 1. The van der Waals surface area contributed by atoms with Crippen molar-refractivity contribution < 1.29 is 13.9 Å². The van der Waals surface area contributed by atoms with Crippen molar-refractivity contribution in [3.05, 3.63) is 65.2 Å². The first kappa shape index (κ1) is 20.9. The van der Waals surface area contributed by atoms with Crippen molar-refractivity contribution in [2.75, 3.05) is 11.1 Å². The van der Waals surface area contributed by atoms with E-state index in [4.69, 9.17) is 4.74 Å². The van der Waals surface area contributed by atoms with Crippen molar-refractivity contribution in [1.82, 2.24) is 14.8 Å². The maximum atomic E-state index is 13.0. The summed E-state index contributed by atoms with van der Waals surface area (Å²) in [5.74, 6) is 0.950. The molecule has 1 N–H and O–H groups in total. The summed E-state index contributed by atoms with van der Waals surface area (Å²) in [5.41, 5.74) is 2.98. The number of amides is 1. The Morgan fingerprint density at radius 3 is 2.62 bits per heavy atom. The van der Waals surface area contributed by atoms with Gasteiger partial charge < -0.3 is 14.6 Å². The number of hydrogen-bond acceptors (Lipinski definition) is 5. The molecule has 8 heteroatoms. The smallest absolute Gasteiger partial charge is 0.234 e. The zero-order valence-electron chi connectivity index (χ0n) is 16.8. The van der Waals surface area contributed by atoms with Crippen LogP contribution in [0, 0.1) is 19.7 Å². The zero-order valence-corrected chi connectivity index (χ0v) is 17.6. The number of benzene rings is 2. The van der Waals surface area contributed by atoms with E-state index < -0.39 is 0 Å². The summed E-state index contributed by atoms with van der Waals surface area (Å²) in [6, 6.07) is 11.7. The summed E-state index contributed by atoms with van der Waals surface area (Å²) in [5, 5.41) is 11.9. The van der Waals surface area contributed by atoms with E-state index in [-0.39, 0.29) is 23.6 Å². The van der Waals surface area contributed by atoms with E-state index in [2.05, 4.69) is 15.5 Å². The van der Waals surface area contributed by atoms with E-state index in [1.165, 1.54) is 23.9 Å². The third-order valence-electron chi connectivity index (χ3n) is 4.35. The Hall–Kier alpha value is -2.87. The summed E-state index contributed by atoms with van der Waals surface area (Å²) >= 11 is 1.30. The van der Waals surface area contributed by atoms with Gasteiger partial charge in [-0.2, -0.15) is 0 Å². The lowest BCUT2D eigenvalue weighted by Gasteiger charge is -2.14. The van der Waals surface area contributed by atoms with Crippen LogP contribution < -0.4 is 10.1 Å². The van der Waals surface area contributed by atoms with Gasteiger partial charge in [-0.05, 0) is 56.7 Å². The maximum Gasteiger partial charge on any atom is 0.234 e. The molecule has 3 aromatic rings. The molecular weight excluding hydrogens is 391 g/mol. The van der Waals surface area contributed by atoms with E-state index >= 15 is 0 Å². The van der Waals surface area contributed by atoms with E-state index in [0.29, 0.717) is 16.7 Å². The predicted octanol–water partition coefficient (Wildman–Crippen LogP) is 4.44. The number of nitrogens with one attached hydrogen (secondary N) is 1. The molecule has 0 bridgehead atoms. The number of carbonyl (C=O) groups is 1. The largest absolute Gasteiger partial charge is 0.483 e. The van der Waals surface area contributed by atoms with Gasteiger partial charge in [0.1, 0.15) is 11.6 Å². The number of aryl methyl sites for hydroxylation is 2. The van der Waals surface area contributed by atoms with Crippen molar-refractivity contribution in [3.8, 4) is 5.75 Å². The highest BCUT2D eigenvalue weighted by molar-refractivity contribution is 7.99. The minimum Gasteiger partial charge on any atom is -0.483 e. The molecule has 0 fully saturated rings. The molecule has 0 aliphatic heterocycles. The third-order valence-corrected chi connectivity index (χ3v) is 5.37. The second kappa shape index (κ2) is 9.09. The van der Waals surface area contributed by atoms with Gasteiger partial charge in [-0.15, -0.1) is 10.2 Å². The fourth-order valence-electron chi connectivity index (χ4n) is 2.85. The molecule has 1 aromatic heterocycles. The van der Waals surface area contributed by atoms with Gasteiger partial charge in [0.05, 0.1) is 5.75 Å². The molecule has 152 valence electrons. The Morgan fingerprint density at radius 1 is 1.21 bits per heavy atom. The summed E-state index contributed by atoms with van der Waals surface area (Å²) in [6.07, 6.45) is -0.378. The van der Waals surface area contributed by atoms with Gasteiger partial charge in [0.2, 0.25) is 5.91 Å². The summed E-state index contributed by atoms with van der Waals surface area (Å²) < 4.78 is 20.6. The molecule has 0 aliphatic carbocycles. The minimum absolute atomic E-state index is 0.109. The van der Waals surface area contributed by atoms with Gasteiger partial charge in [-0.1, -0.05) is 29.5 Å². The fraction of sp³-hybridized carbons (Fsp3) is 0.286. The van der Waals surface area contributed by atoms with Crippen LogP contribution in [-0.2, 0) is 11.8 Å². The number of carbonyl (C=O) groups excluding carboxylic acids is 1. The number of ether oxygens (including phenoxy) is 1. The number of hydrogen-bond donors (Lipinski definition) is 1. The van der Waals surface area contributed by atoms with Crippen LogP contribution in [0.3, 0.4) is 0 Å². The standard InChI is InChI=1S/C21H23FN4O2S/c1-13-5-10-18(14(2)11-13)23-19(27)12-29-21-25-24-20(26(21)4)15(3)28-17-8-6-16(22)7-9-17/h5-11,15H,12H2,1-4H3,(H,23,27). The Labute approximate surface area is 173 Å². The van der Waals surface area contributed by atoms with Gasteiger partial charge in [0.25, 0.3) is 0 Å². The Morgan fingerprint density at radius 2 is 1.93 bits per heavy atom. The molecule has 1 unspecified atom stereocenters. The molecule has 1 amide bonds. The van der Waals surface area contributed by atoms with E-state index in [1.807, 2.05) is 46.0 Å². The highest BCUT2D eigenvalue weighted by Crippen LogP contribution is 2.24. The number of halogens is 1. The van der Waals surface area contributed by atoms with Crippen molar-refractivity contribution in [2.45, 2.75) is 32.0 Å². The second-order valence-corrected chi connectivity index (χ2v) is 7.71. The van der Waals surface area contributed by atoms with Crippen molar-refractivity contribution in [3.63, 3.8) is 0 Å². The first-order valence-corrected chi connectivity index (χ1v) is 10.1. The van der Waals surface area contributed by atoms with Crippen LogP contribution in [0.5, 0.6) is 5.75 Å². The van der Waals surface area contributed by atoms with Crippen molar-refractivity contribution in [2.24, 2.45) is 7.05 Å². The zero-order chi connectivity index (χ0) is 21.0. The topological polar surface area (TPSA) is 69.0 Å². The molecule has 0 saturated carbocycles. The molecule has 0 spiro atoms. The number of anilines is 1. The number of rotatable bonds is 7. The van der Waals surface area contributed by atoms with E-state index in [9.17, 15) is 9.18 Å². The van der Waals surface area contributed by atoms with E-state index in [0.717, 1.165) is 16.8 Å². The molecule has 0 radical (unpaired) electrons. The normalized spacial score (nSPS) is 11.9. The monoisotopic (exact) mass is 414 g/mol. The Kier molecular flexibility index (Phi) is 6.53. The molecule has 6 nitrogen and oxygen atoms in total. The lowest BCUT2D eigenvalue weighted by Crippen LogP contribution is -2.15. The van der Waals surface area contributed by atoms with Crippen LogP contribution in [0.15, 0.2) is 47.6 Å². The van der Waals surface area contributed by atoms with Gasteiger partial charge in [0.15, 0.2) is 17.1 Å². The minimum atomic E-state index is -0.378. The van der Waals surface area contributed by atoms with Crippen molar-refractivity contribution in [1.29, 1.82) is 0 Å². The van der Waals surface area contributed by atoms with Gasteiger partial charge >= 0.3 is 0 Å². The van der Waals surface area contributed by atoms with Crippen LogP contribution >= 0.6 is 11.8 Å².